The number of benzene rings is 1. The molecule has 0 bridgehead atoms. The van der Waals surface area contributed by atoms with Crippen LogP contribution in [0.1, 0.15) is 22.8 Å². The molecule has 18 heavy (non-hydrogen) atoms. The van der Waals surface area contributed by atoms with E-state index in [4.69, 9.17) is 5.11 Å². The van der Waals surface area contributed by atoms with E-state index in [0.29, 0.717) is 0 Å². The summed E-state index contributed by atoms with van der Waals surface area (Å²) in [5.74, 6) is -2.23. The zero-order chi connectivity index (χ0) is 14.1. The highest BCUT2D eigenvalue weighted by molar-refractivity contribution is 7.92. The summed E-state index contributed by atoms with van der Waals surface area (Å²) in [7, 11) is -3.82. The van der Waals surface area contributed by atoms with E-state index < -0.39 is 32.4 Å². The van der Waals surface area contributed by atoms with Crippen molar-refractivity contribution in [1.29, 1.82) is 0 Å². The first-order chi connectivity index (χ1) is 8.21. The summed E-state index contributed by atoms with van der Waals surface area (Å²) >= 11 is 0. The number of aromatic carboxylic acids is 1. The molecule has 1 aromatic rings. The molecule has 0 saturated carbocycles. The zero-order valence-corrected chi connectivity index (χ0v) is 10.8. The van der Waals surface area contributed by atoms with Crippen molar-refractivity contribution in [2.45, 2.75) is 24.0 Å². The van der Waals surface area contributed by atoms with E-state index in [1.165, 1.54) is 19.9 Å². The number of carboxylic acid groups (broad SMARTS) is 1. The molecular weight excluding hydrogens is 259 g/mol. The highest BCUT2D eigenvalue weighted by Gasteiger charge is 2.25. The van der Waals surface area contributed by atoms with E-state index in [2.05, 4.69) is 6.58 Å². The van der Waals surface area contributed by atoms with Gasteiger partial charge in [-0.2, -0.15) is 0 Å². The fraction of sp³-hybridized carbons (Fsp3) is 0.250. The quantitative estimate of drug-likeness (QED) is 0.853. The molecule has 0 radical (unpaired) electrons. The Morgan fingerprint density at radius 2 is 2.06 bits per heavy atom. The van der Waals surface area contributed by atoms with Crippen molar-refractivity contribution in [2.24, 2.45) is 0 Å². The average molecular weight is 272 g/mol. The van der Waals surface area contributed by atoms with Gasteiger partial charge in [0.1, 0.15) is 5.82 Å². The summed E-state index contributed by atoms with van der Waals surface area (Å²) in [4.78, 5) is 10.5. The number of carbonyl (C=O) groups is 1. The fourth-order valence-electron chi connectivity index (χ4n) is 1.40. The summed E-state index contributed by atoms with van der Waals surface area (Å²) in [5, 5.41) is 7.89. The molecule has 0 amide bonds. The van der Waals surface area contributed by atoms with Crippen molar-refractivity contribution in [3.05, 3.63) is 41.7 Å². The first-order valence-electron chi connectivity index (χ1n) is 5.11. The molecule has 4 nitrogen and oxygen atoms in total. The lowest BCUT2D eigenvalue weighted by molar-refractivity contribution is 0.0696. The van der Waals surface area contributed by atoms with Gasteiger partial charge < -0.3 is 5.11 Å². The lowest BCUT2D eigenvalue weighted by Crippen LogP contribution is -2.18. The van der Waals surface area contributed by atoms with Gasteiger partial charge in [0.25, 0.3) is 0 Å². The molecular formula is C12H13FO4S. The van der Waals surface area contributed by atoms with Crippen LogP contribution in [0.3, 0.4) is 0 Å². The Hall–Kier alpha value is -1.69. The predicted octanol–water partition coefficient (Wildman–Crippen LogP) is 2.18. The maximum Gasteiger partial charge on any atom is 0.335 e. The molecule has 0 saturated heterocycles. The monoisotopic (exact) mass is 272 g/mol. The van der Waals surface area contributed by atoms with Crippen molar-refractivity contribution in [3.63, 3.8) is 0 Å². The largest absolute Gasteiger partial charge is 0.478 e. The molecule has 1 rings (SSSR count). The van der Waals surface area contributed by atoms with Crippen LogP contribution in [-0.2, 0) is 9.84 Å². The molecule has 1 aromatic carbocycles. The van der Waals surface area contributed by atoms with Crippen molar-refractivity contribution in [3.8, 4) is 0 Å². The molecule has 98 valence electrons. The minimum absolute atomic E-state index is 0.0892. The number of hydrogen-bond acceptors (Lipinski definition) is 3. The normalized spacial score (nSPS) is 13.1. The van der Waals surface area contributed by atoms with Crippen molar-refractivity contribution in [1.82, 2.24) is 0 Å². The van der Waals surface area contributed by atoms with E-state index >= 15 is 0 Å². The number of rotatable bonds is 4. The number of hydrogen-bond donors (Lipinski definition) is 1. The van der Waals surface area contributed by atoms with Crippen LogP contribution in [0, 0.1) is 12.7 Å². The lowest BCUT2D eigenvalue weighted by Gasteiger charge is -2.12. The van der Waals surface area contributed by atoms with Crippen LogP contribution >= 0.6 is 0 Å². The second-order valence-electron chi connectivity index (χ2n) is 3.87. The van der Waals surface area contributed by atoms with Crippen molar-refractivity contribution in [2.75, 3.05) is 0 Å². The Labute approximate surface area is 105 Å². The van der Waals surface area contributed by atoms with Gasteiger partial charge in [-0.3, -0.25) is 0 Å². The molecule has 6 heteroatoms. The maximum atomic E-state index is 13.5. The minimum atomic E-state index is -3.82. The SMILES string of the molecule is C=CC(C)S(=O)(=O)c1cc(C(=O)O)cc(F)c1C. The molecule has 0 heterocycles. The lowest BCUT2D eigenvalue weighted by atomic mass is 10.1. The van der Waals surface area contributed by atoms with Crippen molar-refractivity contribution < 1.29 is 22.7 Å². The second kappa shape index (κ2) is 4.89. The first-order valence-corrected chi connectivity index (χ1v) is 6.66. The zero-order valence-electron chi connectivity index (χ0n) is 9.97. The van der Waals surface area contributed by atoms with E-state index in [0.717, 1.165) is 12.1 Å². The second-order valence-corrected chi connectivity index (χ2v) is 6.15. The minimum Gasteiger partial charge on any atom is -0.478 e. The summed E-state index contributed by atoms with van der Waals surface area (Å²) in [6.45, 7) is 6.06. The summed E-state index contributed by atoms with van der Waals surface area (Å²) in [6, 6.07) is 1.77. The van der Waals surface area contributed by atoms with Crippen LogP contribution in [0.15, 0.2) is 29.7 Å². The Kier molecular flexibility index (Phi) is 3.91. The van der Waals surface area contributed by atoms with Gasteiger partial charge >= 0.3 is 5.97 Å². The summed E-state index contributed by atoms with van der Waals surface area (Å²) in [6.07, 6.45) is 1.21. The predicted molar refractivity (Wildman–Crippen MR) is 64.9 cm³/mol. The van der Waals surface area contributed by atoms with Crippen LogP contribution in [-0.4, -0.2) is 24.7 Å². The average Bonchev–Trinajstić information content (AvgIpc) is 2.30. The Morgan fingerprint density at radius 3 is 2.50 bits per heavy atom. The number of halogens is 1. The standard InChI is InChI=1S/C12H13FO4S/c1-4-7(2)18(16,17)11-6-9(12(14)15)5-10(13)8(11)3/h4-7H,1H2,2-3H3,(H,14,15). The summed E-state index contributed by atoms with van der Waals surface area (Å²) in [5.41, 5.74) is -0.485. The molecule has 0 aliphatic rings. The Balaban J connectivity index is 3.59. The van der Waals surface area contributed by atoms with E-state index in [1.54, 1.807) is 0 Å². The highest BCUT2D eigenvalue weighted by Crippen LogP contribution is 2.24. The van der Waals surface area contributed by atoms with Gasteiger partial charge in [-0.05, 0) is 26.0 Å². The molecule has 1 unspecified atom stereocenters. The molecule has 0 fully saturated rings. The highest BCUT2D eigenvalue weighted by atomic mass is 32.2. The van der Waals surface area contributed by atoms with E-state index in [-0.39, 0.29) is 10.5 Å². The molecule has 1 atom stereocenters. The van der Waals surface area contributed by atoms with Crippen LogP contribution in [0.25, 0.3) is 0 Å². The topological polar surface area (TPSA) is 71.4 Å². The van der Waals surface area contributed by atoms with E-state index in [9.17, 15) is 17.6 Å². The molecule has 0 aromatic heterocycles. The molecule has 0 spiro atoms. The van der Waals surface area contributed by atoms with Gasteiger partial charge in [0.05, 0.1) is 15.7 Å². The van der Waals surface area contributed by atoms with Gasteiger partial charge in [0.2, 0.25) is 0 Å². The van der Waals surface area contributed by atoms with E-state index in [1.807, 2.05) is 0 Å². The van der Waals surface area contributed by atoms with Gasteiger partial charge in [-0.25, -0.2) is 17.6 Å². The van der Waals surface area contributed by atoms with Crippen LogP contribution in [0.2, 0.25) is 0 Å². The molecule has 0 aliphatic heterocycles. The summed E-state index contributed by atoms with van der Waals surface area (Å²) < 4.78 is 37.7. The molecule has 1 N–H and O–H groups in total. The smallest absolute Gasteiger partial charge is 0.335 e. The molecule has 0 aliphatic carbocycles. The van der Waals surface area contributed by atoms with Crippen molar-refractivity contribution >= 4 is 15.8 Å². The Bertz CT molecular complexity index is 605. The fourth-order valence-corrected chi connectivity index (χ4v) is 2.87. The van der Waals surface area contributed by atoms with Crippen LogP contribution < -0.4 is 0 Å². The van der Waals surface area contributed by atoms with Gasteiger partial charge in [-0.15, -0.1) is 6.58 Å². The van der Waals surface area contributed by atoms with Crippen LogP contribution in [0.5, 0.6) is 0 Å². The first kappa shape index (κ1) is 14.4. The third-order valence-electron chi connectivity index (χ3n) is 2.67. The third kappa shape index (κ3) is 2.43. The van der Waals surface area contributed by atoms with Crippen LogP contribution in [0.4, 0.5) is 4.39 Å². The number of carboxylic acids is 1. The van der Waals surface area contributed by atoms with Gasteiger partial charge in [0.15, 0.2) is 9.84 Å². The third-order valence-corrected chi connectivity index (χ3v) is 4.88. The number of sulfone groups is 1. The van der Waals surface area contributed by atoms with Gasteiger partial charge in [0, 0.05) is 5.56 Å². The van der Waals surface area contributed by atoms with Gasteiger partial charge in [-0.1, -0.05) is 6.08 Å². The Morgan fingerprint density at radius 1 is 1.50 bits per heavy atom. The maximum absolute atomic E-state index is 13.5.